The third-order valence-corrected chi connectivity index (χ3v) is 4.53. The molecule has 2 bridgehead atoms. The van der Waals surface area contributed by atoms with Crippen LogP contribution in [0.15, 0.2) is 36.4 Å². The second-order valence-corrected chi connectivity index (χ2v) is 5.78. The Morgan fingerprint density at radius 1 is 1.17 bits per heavy atom. The van der Waals surface area contributed by atoms with Crippen molar-refractivity contribution in [3.8, 4) is 0 Å². The fourth-order valence-corrected chi connectivity index (χ4v) is 3.54. The lowest BCUT2D eigenvalue weighted by Gasteiger charge is -2.18. The van der Waals surface area contributed by atoms with Gasteiger partial charge in [0, 0.05) is 0 Å². The monoisotopic (exact) mass is 313 g/mol. The Morgan fingerprint density at radius 3 is 2.43 bits per heavy atom. The summed E-state index contributed by atoms with van der Waals surface area (Å²) in [7, 11) is 0. The van der Waals surface area contributed by atoms with Crippen molar-refractivity contribution in [2.24, 2.45) is 11.8 Å². The van der Waals surface area contributed by atoms with Gasteiger partial charge < -0.3 is 9.47 Å². The molecule has 118 valence electrons. The predicted molar refractivity (Wildman–Crippen MR) is 79.7 cm³/mol. The summed E-state index contributed by atoms with van der Waals surface area (Å²) < 4.78 is 10.6. The zero-order chi connectivity index (χ0) is 16.1. The molecule has 6 nitrogen and oxygen atoms in total. The van der Waals surface area contributed by atoms with Gasteiger partial charge in [0.05, 0.1) is 41.9 Å². The van der Waals surface area contributed by atoms with Crippen LogP contribution in [-0.2, 0) is 19.1 Å². The van der Waals surface area contributed by atoms with Gasteiger partial charge in [0.15, 0.2) is 0 Å². The summed E-state index contributed by atoms with van der Waals surface area (Å²) in [4.78, 5) is 38.4. The van der Waals surface area contributed by atoms with Crippen molar-refractivity contribution >= 4 is 23.5 Å². The largest absolute Gasteiger partial charge is 0.462 e. The average Bonchev–Trinajstić information content (AvgIpc) is 3.22. The van der Waals surface area contributed by atoms with E-state index in [1.807, 2.05) is 12.2 Å². The summed E-state index contributed by atoms with van der Waals surface area (Å²) in [6.45, 7) is 1.99. The third-order valence-electron chi connectivity index (χ3n) is 4.53. The molecule has 0 saturated carbocycles. The van der Waals surface area contributed by atoms with E-state index in [4.69, 9.17) is 9.47 Å². The van der Waals surface area contributed by atoms with Gasteiger partial charge in [-0.05, 0) is 25.1 Å². The highest BCUT2D eigenvalue weighted by atomic mass is 16.5. The van der Waals surface area contributed by atoms with Crippen LogP contribution in [0, 0.1) is 11.8 Å². The van der Waals surface area contributed by atoms with Crippen LogP contribution in [0.2, 0.25) is 0 Å². The predicted octanol–water partition coefficient (Wildman–Crippen LogP) is 1.31. The van der Waals surface area contributed by atoms with Gasteiger partial charge in [0.25, 0.3) is 0 Å². The first-order chi connectivity index (χ1) is 11.1. The highest BCUT2D eigenvalue weighted by Crippen LogP contribution is 2.46. The van der Waals surface area contributed by atoms with Gasteiger partial charge in [-0.3, -0.25) is 9.59 Å². The van der Waals surface area contributed by atoms with Gasteiger partial charge in [-0.25, -0.2) is 9.69 Å². The first-order valence-electron chi connectivity index (χ1n) is 7.60. The molecule has 0 N–H and O–H groups in total. The van der Waals surface area contributed by atoms with E-state index < -0.39 is 17.8 Å². The average molecular weight is 313 g/mol. The second-order valence-electron chi connectivity index (χ2n) is 5.78. The van der Waals surface area contributed by atoms with E-state index in [0.29, 0.717) is 11.3 Å². The van der Waals surface area contributed by atoms with Crippen molar-refractivity contribution < 1.29 is 23.9 Å². The molecule has 2 saturated heterocycles. The van der Waals surface area contributed by atoms with Crippen molar-refractivity contribution in [3.63, 3.8) is 0 Å². The fraction of sp³-hybridized carbons (Fsp3) is 0.353. The van der Waals surface area contributed by atoms with Crippen molar-refractivity contribution in [3.05, 3.63) is 42.0 Å². The normalized spacial score (nSPS) is 30.9. The van der Waals surface area contributed by atoms with Crippen LogP contribution in [0.1, 0.15) is 17.3 Å². The summed E-state index contributed by atoms with van der Waals surface area (Å²) in [6, 6.07) is 6.40. The van der Waals surface area contributed by atoms with Crippen LogP contribution in [0.3, 0.4) is 0 Å². The minimum atomic E-state index is -0.473. The van der Waals surface area contributed by atoms with Crippen molar-refractivity contribution in [1.29, 1.82) is 0 Å². The van der Waals surface area contributed by atoms with Crippen LogP contribution < -0.4 is 4.90 Å². The third kappa shape index (κ3) is 1.95. The lowest BCUT2D eigenvalue weighted by Crippen LogP contribution is -2.34. The molecule has 0 aliphatic carbocycles. The number of rotatable bonds is 3. The molecule has 3 aliphatic rings. The highest BCUT2D eigenvalue weighted by molar-refractivity contribution is 6.23. The number of esters is 1. The molecule has 23 heavy (non-hydrogen) atoms. The lowest BCUT2D eigenvalue weighted by atomic mass is 9.85. The Kier molecular flexibility index (Phi) is 3.09. The molecule has 4 atom stereocenters. The van der Waals surface area contributed by atoms with E-state index in [0.717, 1.165) is 0 Å². The minimum absolute atomic E-state index is 0.265. The van der Waals surface area contributed by atoms with Crippen LogP contribution in [0.25, 0.3) is 0 Å². The number of anilines is 1. The number of amides is 2. The number of benzene rings is 1. The van der Waals surface area contributed by atoms with E-state index in [9.17, 15) is 14.4 Å². The zero-order valence-electron chi connectivity index (χ0n) is 12.5. The van der Waals surface area contributed by atoms with E-state index >= 15 is 0 Å². The van der Waals surface area contributed by atoms with Crippen molar-refractivity contribution in [2.75, 3.05) is 11.5 Å². The van der Waals surface area contributed by atoms with Gasteiger partial charge in [-0.15, -0.1) is 0 Å². The molecule has 0 aromatic heterocycles. The van der Waals surface area contributed by atoms with E-state index in [-0.39, 0.29) is 30.6 Å². The fourth-order valence-electron chi connectivity index (χ4n) is 3.54. The summed E-state index contributed by atoms with van der Waals surface area (Å²) in [5.41, 5.74) is 0.721. The Labute approximate surface area is 132 Å². The van der Waals surface area contributed by atoms with E-state index in [2.05, 4.69) is 0 Å². The number of fused-ring (bicyclic) bond motifs is 5. The van der Waals surface area contributed by atoms with E-state index in [1.54, 1.807) is 25.1 Å². The van der Waals surface area contributed by atoms with Crippen LogP contribution in [-0.4, -0.2) is 36.6 Å². The Hall–Kier alpha value is -2.47. The Morgan fingerprint density at radius 2 is 1.83 bits per heavy atom. The smallest absolute Gasteiger partial charge is 0.338 e. The maximum absolute atomic E-state index is 12.7. The molecule has 2 amide bonds. The molecule has 2 fully saturated rings. The molecule has 4 unspecified atom stereocenters. The molecular weight excluding hydrogens is 298 g/mol. The SMILES string of the molecule is CCOC(=O)c1cccc(N2C(=O)C3C4C=CC(O4)C3C2=O)c1. The number of carbonyl (C=O) groups excluding carboxylic acids is 3. The number of hydrogen-bond acceptors (Lipinski definition) is 5. The quantitative estimate of drug-likeness (QED) is 0.478. The van der Waals surface area contributed by atoms with Crippen molar-refractivity contribution in [1.82, 2.24) is 0 Å². The van der Waals surface area contributed by atoms with Gasteiger partial charge in [-0.2, -0.15) is 0 Å². The summed E-state index contributed by atoms with van der Waals surface area (Å²) in [6.07, 6.45) is 3.05. The summed E-state index contributed by atoms with van der Waals surface area (Å²) >= 11 is 0. The molecule has 0 radical (unpaired) electrons. The number of carbonyl (C=O) groups is 3. The topological polar surface area (TPSA) is 72.9 Å². The van der Waals surface area contributed by atoms with Crippen molar-refractivity contribution in [2.45, 2.75) is 19.1 Å². The molecule has 1 aromatic carbocycles. The number of hydrogen-bond donors (Lipinski definition) is 0. The van der Waals surface area contributed by atoms with Crippen LogP contribution >= 0.6 is 0 Å². The molecule has 3 aliphatic heterocycles. The minimum Gasteiger partial charge on any atom is -0.462 e. The molecule has 0 spiro atoms. The highest BCUT2D eigenvalue weighted by Gasteiger charge is 2.61. The van der Waals surface area contributed by atoms with E-state index in [1.165, 1.54) is 11.0 Å². The maximum atomic E-state index is 12.7. The van der Waals surface area contributed by atoms with Crippen LogP contribution in [0.5, 0.6) is 0 Å². The van der Waals surface area contributed by atoms with Gasteiger partial charge in [0.2, 0.25) is 11.8 Å². The first kappa shape index (κ1) is 14.1. The number of nitrogens with zero attached hydrogens (tertiary/aromatic N) is 1. The van der Waals surface area contributed by atoms with Gasteiger partial charge >= 0.3 is 5.97 Å². The summed E-state index contributed by atoms with van der Waals surface area (Å²) in [5.74, 6) is -1.91. The molecule has 6 heteroatoms. The molecular formula is C17H15NO5. The number of imide groups is 1. The Balaban J connectivity index is 1.67. The van der Waals surface area contributed by atoms with Gasteiger partial charge in [-0.1, -0.05) is 18.2 Å². The second kappa shape index (κ2) is 5.03. The standard InChI is InChI=1S/C17H15NO5/c1-2-22-17(21)9-4-3-5-10(8-9)18-15(19)13-11-6-7-12(23-11)14(13)16(18)20/h3-8,11-14H,2H2,1H3. The molecule has 3 heterocycles. The number of ether oxygens (including phenoxy) is 2. The Bertz CT molecular complexity index is 710. The van der Waals surface area contributed by atoms with Gasteiger partial charge in [0.1, 0.15) is 0 Å². The maximum Gasteiger partial charge on any atom is 0.338 e. The zero-order valence-corrected chi connectivity index (χ0v) is 12.5. The summed E-state index contributed by atoms with van der Waals surface area (Å²) in [5, 5.41) is 0. The first-order valence-corrected chi connectivity index (χ1v) is 7.60. The lowest BCUT2D eigenvalue weighted by molar-refractivity contribution is -0.124. The molecule has 4 rings (SSSR count). The van der Waals surface area contributed by atoms with Crippen LogP contribution in [0.4, 0.5) is 5.69 Å². The molecule has 1 aromatic rings.